The minimum Gasteiger partial charge on any atom is -0.497 e. The molecule has 2 aromatic carbocycles. The number of benzene rings is 2. The van der Waals surface area contributed by atoms with Gasteiger partial charge in [-0.25, -0.2) is 4.90 Å². The molecule has 2 aromatic rings. The quantitative estimate of drug-likeness (QED) is 0.855. The minimum absolute atomic E-state index is 0.113. The molecule has 24 heavy (non-hydrogen) atoms. The van der Waals surface area contributed by atoms with E-state index in [0.717, 1.165) is 11.4 Å². The van der Waals surface area contributed by atoms with E-state index in [9.17, 15) is 9.59 Å². The molecule has 1 N–H and O–H groups in total. The third kappa shape index (κ3) is 3.03. The van der Waals surface area contributed by atoms with Crippen LogP contribution in [0, 0.1) is 0 Å². The zero-order chi connectivity index (χ0) is 17.1. The fraction of sp³-hybridized carbons (Fsp3) is 0.222. The van der Waals surface area contributed by atoms with Crippen LogP contribution in [0.2, 0.25) is 0 Å². The molecule has 0 bridgehead atoms. The molecule has 1 heterocycles. The number of carbonyl (C=O) groups is 2. The molecule has 1 atom stereocenters. The maximum atomic E-state index is 12.6. The molecule has 1 fully saturated rings. The van der Waals surface area contributed by atoms with Crippen molar-refractivity contribution in [1.82, 2.24) is 0 Å². The number of hydrogen-bond acceptors (Lipinski definition) is 5. The topological polar surface area (TPSA) is 67.9 Å². The summed E-state index contributed by atoms with van der Waals surface area (Å²) in [4.78, 5) is 26.1. The highest BCUT2D eigenvalue weighted by atomic mass is 16.5. The van der Waals surface area contributed by atoms with Gasteiger partial charge in [-0.2, -0.15) is 0 Å². The number of hydrogen-bond donors (Lipinski definition) is 1. The third-order valence-corrected chi connectivity index (χ3v) is 3.89. The van der Waals surface area contributed by atoms with E-state index in [4.69, 9.17) is 9.47 Å². The van der Waals surface area contributed by atoms with Gasteiger partial charge in [0, 0.05) is 11.8 Å². The Kier molecular flexibility index (Phi) is 4.37. The first-order valence-electron chi connectivity index (χ1n) is 7.54. The minimum atomic E-state index is -0.586. The van der Waals surface area contributed by atoms with Crippen molar-refractivity contribution >= 4 is 23.2 Å². The molecule has 0 radical (unpaired) electrons. The number of methoxy groups -OCH3 is 2. The molecule has 124 valence electrons. The fourth-order valence-electron chi connectivity index (χ4n) is 2.65. The standard InChI is InChI=1S/C18H18N2O4/c1-23-14-8-6-12(7-9-14)19-16-11-17(21)20(18(16)22)13-4-3-5-15(10-13)24-2/h3-10,16,19H,11H2,1-2H3. The number of carbonyl (C=O) groups excluding carboxylic acids is 2. The molecule has 0 aromatic heterocycles. The van der Waals surface area contributed by atoms with Crippen molar-refractivity contribution in [1.29, 1.82) is 0 Å². The summed E-state index contributed by atoms with van der Waals surface area (Å²) < 4.78 is 10.3. The van der Waals surface area contributed by atoms with Crippen LogP contribution in [0.3, 0.4) is 0 Å². The van der Waals surface area contributed by atoms with Crippen molar-refractivity contribution in [3.8, 4) is 11.5 Å². The van der Waals surface area contributed by atoms with E-state index in [2.05, 4.69) is 5.32 Å². The Labute approximate surface area is 140 Å². The second-order valence-electron chi connectivity index (χ2n) is 5.40. The maximum Gasteiger partial charge on any atom is 0.256 e. The SMILES string of the molecule is COc1ccc(NC2CC(=O)N(c3cccc(OC)c3)C2=O)cc1. The second kappa shape index (κ2) is 6.62. The largest absolute Gasteiger partial charge is 0.497 e. The molecule has 1 saturated heterocycles. The first-order valence-corrected chi connectivity index (χ1v) is 7.54. The normalized spacial score (nSPS) is 17.1. The van der Waals surface area contributed by atoms with Gasteiger partial charge in [0.15, 0.2) is 0 Å². The van der Waals surface area contributed by atoms with Crippen LogP contribution >= 0.6 is 0 Å². The molecule has 1 aliphatic rings. The average molecular weight is 326 g/mol. The number of anilines is 2. The molecular weight excluding hydrogens is 308 g/mol. The Hall–Kier alpha value is -3.02. The van der Waals surface area contributed by atoms with Crippen LogP contribution in [0.1, 0.15) is 6.42 Å². The molecule has 3 rings (SSSR count). The van der Waals surface area contributed by atoms with Crippen LogP contribution in [0.4, 0.5) is 11.4 Å². The van der Waals surface area contributed by atoms with Gasteiger partial charge in [0.1, 0.15) is 17.5 Å². The highest BCUT2D eigenvalue weighted by molar-refractivity contribution is 6.23. The predicted molar refractivity (Wildman–Crippen MR) is 90.5 cm³/mol. The van der Waals surface area contributed by atoms with Gasteiger partial charge in [0.05, 0.1) is 26.3 Å². The summed E-state index contributed by atoms with van der Waals surface area (Å²) in [6, 6.07) is 13.5. The van der Waals surface area contributed by atoms with Gasteiger partial charge < -0.3 is 14.8 Å². The number of nitrogens with zero attached hydrogens (tertiary/aromatic N) is 1. The van der Waals surface area contributed by atoms with Crippen molar-refractivity contribution in [3.05, 3.63) is 48.5 Å². The fourth-order valence-corrected chi connectivity index (χ4v) is 2.65. The Morgan fingerprint density at radius 2 is 1.71 bits per heavy atom. The number of nitrogens with one attached hydrogen (secondary N) is 1. The summed E-state index contributed by atoms with van der Waals surface area (Å²) in [7, 11) is 3.13. The number of ether oxygens (including phenoxy) is 2. The van der Waals surface area contributed by atoms with Gasteiger partial charge in [-0.15, -0.1) is 0 Å². The smallest absolute Gasteiger partial charge is 0.256 e. The third-order valence-electron chi connectivity index (χ3n) is 3.89. The second-order valence-corrected chi connectivity index (χ2v) is 5.40. The van der Waals surface area contributed by atoms with Crippen LogP contribution in [0.15, 0.2) is 48.5 Å². The van der Waals surface area contributed by atoms with Crippen LogP contribution in [-0.4, -0.2) is 32.1 Å². The van der Waals surface area contributed by atoms with Gasteiger partial charge in [-0.3, -0.25) is 9.59 Å². The molecular formula is C18H18N2O4. The van der Waals surface area contributed by atoms with Crippen LogP contribution in [0.25, 0.3) is 0 Å². The van der Waals surface area contributed by atoms with E-state index in [1.165, 1.54) is 4.90 Å². The number of rotatable bonds is 5. The summed E-state index contributed by atoms with van der Waals surface area (Å²) in [6.45, 7) is 0. The van der Waals surface area contributed by atoms with E-state index >= 15 is 0 Å². The molecule has 0 aliphatic carbocycles. The van der Waals surface area contributed by atoms with Gasteiger partial charge in [0.25, 0.3) is 5.91 Å². The van der Waals surface area contributed by atoms with Crippen LogP contribution in [-0.2, 0) is 9.59 Å². The van der Waals surface area contributed by atoms with Crippen molar-refractivity contribution < 1.29 is 19.1 Å². The van der Waals surface area contributed by atoms with Crippen LogP contribution in [0.5, 0.6) is 11.5 Å². The van der Waals surface area contributed by atoms with Crippen molar-refractivity contribution in [2.24, 2.45) is 0 Å². The van der Waals surface area contributed by atoms with Crippen LogP contribution < -0.4 is 19.7 Å². The summed E-state index contributed by atoms with van der Waals surface area (Å²) in [5, 5.41) is 3.10. The van der Waals surface area contributed by atoms with E-state index in [0.29, 0.717) is 11.4 Å². The predicted octanol–water partition coefficient (Wildman–Crippen LogP) is 2.45. The molecule has 1 aliphatic heterocycles. The zero-order valence-corrected chi connectivity index (χ0v) is 13.5. The lowest BCUT2D eigenvalue weighted by Crippen LogP contribution is -2.34. The van der Waals surface area contributed by atoms with Gasteiger partial charge in [-0.1, -0.05) is 6.07 Å². The van der Waals surface area contributed by atoms with Crippen molar-refractivity contribution in [2.75, 3.05) is 24.4 Å². The lowest BCUT2D eigenvalue weighted by atomic mass is 10.2. The Bertz CT molecular complexity index is 758. The van der Waals surface area contributed by atoms with Crippen molar-refractivity contribution in [2.45, 2.75) is 12.5 Å². The summed E-state index contributed by atoms with van der Waals surface area (Å²) in [6.07, 6.45) is 0.113. The molecule has 2 amide bonds. The number of amides is 2. The highest BCUT2D eigenvalue weighted by Crippen LogP contribution is 2.28. The first-order chi connectivity index (χ1) is 11.6. The summed E-state index contributed by atoms with van der Waals surface area (Å²) in [5.41, 5.74) is 1.28. The maximum absolute atomic E-state index is 12.6. The van der Waals surface area contributed by atoms with Gasteiger partial charge in [-0.05, 0) is 36.4 Å². The molecule has 0 spiro atoms. The van der Waals surface area contributed by atoms with E-state index in [1.54, 1.807) is 50.6 Å². The molecule has 6 nitrogen and oxygen atoms in total. The van der Waals surface area contributed by atoms with Crippen molar-refractivity contribution in [3.63, 3.8) is 0 Å². The Morgan fingerprint density at radius 1 is 1.00 bits per heavy atom. The molecule has 1 unspecified atom stereocenters. The summed E-state index contributed by atoms with van der Waals surface area (Å²) in [5.74, 6) is 0.815. The van der Waals surface area contributed by atoms with E-state index in [-0.39, 0.29) is 18.2 Å². The van der Waals surface area contributed by atoms with E-state index < -0.39 is 6.04 Å². The Morgan fingerprint density at radius 3 is 2.38 bits per heavy atom. The lowest BCUT2D eigenvalue weighted by Gasteiger charge is -2.17. The van der Waals surface area contributed by atoms with Gasteiger partial charge >= 0.3 is 0 Å². The average Bonchev–Trinajstić information content (AvgIpc) is 2.89. The van der Waals surface area contributed by atoms with E-state index in [1.807, 2.05) is 12.1 Å². The molecule has 0 saturated carbocycles. The number of imide groups is 1. The highest BCUT2D eigenvalue weighted by Gasteiger charge is 2.39. The monoisotopic (exact) mass is 326 g/mol. The zero-order valence-electron chi connectivity index (χ0n) is 13.5. The first kappa shape index (κ1) is 15.9. The Balaban J connectivity index is 1.77. The summed E-state index contributed by atoms with van der Waals surface area (Å²) >= 11 is 0. The molecule has 6 heteroatoms. The van der Waals surface area contributed by atoms with Gasteiger partial charge in [0.2, 0.25) is 5.91 Å². The lowest BCUT2D eigenvalue weighted by molar-refractivity contribution is -0.121.